The van der Waals surface area contributed by atoms with Gasteiger partial charge in [-0.1, -0.05) is 6.92 Å². The van der Waals surface area contributed by atoms with Gasteiger partial charge in [0, 0.05) is 12.2 Å². The number of halogens is 3. The highest BCUT2D eigenvalue weighted by Gasteiger charge is 2.31. The first-order valence-corrected chi connectivity index (χ1v) is 6.78. The standard InChI is InChI=1S/C13H17F3N6/c1-3-8(2)19-12(17)18-6-11-21-20-10-5-4-9(7-22(10)11)13(14,15)16/h4-5,7-8H,3,6H2,1-2H3,(H3,17,18,19). The van der Waals surface area contributed by atoms with Crippen molar-refractivity contribution in [3.8, 4) is 0 Å². The molecule has 1 unspecified atom stereocenters. The van der Waals surface area contributed by atoms with Crippen molar-refractivity contribution in [2.45, 2.75) is 39.0 Å². The number of pyridine rings is 1. The fourth-order valence-electron chi connectivity index (χ4n) is 1.77. The van der Waals surface area contributed by atoms with Crippen LogP contribution >= 0.6 is 0 Å². The van der Waals surface area contributed by atoms with Gasteiger partial charge in [0.1, 0.15) is 6.54 Å². The molecule has 6 nitrogen and oxygen atoms in total. The van der Waals surface area contributed by atoms with E-state index in [1.54, 1.807) is 0 Å². The zero-order valence-electron chi connectivity index (χ0n) is 12.2. The van der Waals surface area contributed by atoms with E-state index in [-0.39, 0.29) is 24.4 Å². The van der Waals surface area contributed by atoms with E-state index in [1.807, 2.05) is 13.8 Å². The Hall–Kier alpha value is -2.32. The normalized spacial score (nSPS) is 14.3. The lowest BCUT2D eigenvalue weighted by atomic mass is 10.3. The largest absolute Gasteiger partial charge is 0.417 e. The minimum Gasteiger partial charge on any atom is -0.370 e. The van der Waals surface area contributed by atoms with Crippen LogP contribution in [0.15, 0.2) is 23.3 Å². The lowest BCUT2D eigenvalue weighted by Gasteiger charge is -2.11. The Morgan fingerprint density at radius 2 is 2.14 bits per heavy atom. The molecule has 0 saturated heterocycles. The third-order valence-electron chi connectivity index (χ3n) is 3.20. The molecule has 2 aromatic rings. The van der Waals surface area contributed by atoms with Crippen LogP contribution in [-0.2, 0) is 12.7 Å². The minimum atomic E-state index is -4.42. The predicted molar refractivity (Wildman–Crippen MR) is 76.2 cm³/mol. The lowest BCUT2D eigenvalue weighted by Crippen LogP contribution is -2.38. The molecule has 0 aromatic carbocycles. The maximum absolute atomic E-state index is 12.7. The van der Waals surface area contributed by atoms with E-state index in [0.29, 0.717) is 5.65 Å². The summed E-state index contributed by atoms with van der Waals surface area (Å²) in [5, 5.41) is 10.6. The number of hydrogen-bond acceptors (Lipinski definition) is 3. The molecule has 2 aromatic heterocycles. The molecule has 0 saturated carbocycles. The van der Waals surface area contributed by atoms with Gasteiger partial charge in [-0.2, -0.15) is 13.2 Å². The van der Waals surface area contributed by atoms with Crippen LogP contribution in [0.25, 0.3) is 5.65 Å². The number of aromatic nitrogens is 3. The van der Waals surface area contributed by atoms with E-state index in [4.69, 9.17) is 5.73 Å². The van der Waals surface area contributed by atoms with Gasteiger partial charge in [0.15, 0.2) is 17.4 Å². The van der Waals surface area contributed by atoms with Gasteiger partial charge in [0.25, 0.3) is 0 Å². The summed E-state index contributed by atoms with van der Waals surface area (Å²) < 4.78 is 39.5. The Bertz CT molecular complexity index is 676. The van der Waals surface area contributed by atoms with Crippen molar-refractivity contribution in [2.75, 3.05) is 0 Å². The Morgan fingerprint density at radius 3 is 2.77 bits per heavy atom. The third kappa shape index (κ3) is 3.66. The summed E-state index contributed by atoms with van der Waals surface area (Å²) in [4.78, 5) is 4.08. The molecule has 0 spiro atoms. The highest BCUT2D eigenvalue weighted by atomic mass is 19.4. The van der Waals surface area contributed by atoms with Gasteiger partial charge in [-0.05, 0) is 25.5 Å². The molecule has 0 aliphatic carbocycles. The first kappa shape index (κ1) is 16.1. The summed E-state index contributed by atoms with van der Waals surface area (Å²) in [6, 6.07) is 2.40. The quantitative estimate of drug-likeness (QED) is 0.668. The third-order valence-corrected chi connectivity index (χ3v) is 3.20. The van der Waals surface area contributed by atoms with Crippen molar-refractivity contribution in [1.82, 2.24) is 19.9 Å². The Morgan fingerprint density at radius 1 is 1.41 bits per heavy atom. The van der Waals surface area contributed by atoms with Crippen molar-refractivity contribution in [3.63, 3.8) is 0 Å². The van der Waals surface area contributed by atoms with Crippen LogP contribution in [0, 0.1) is 0 Å². The molecule has 0 amide bonds. The summed E-state index contributed by atoms with van der Waals surface area (Å²) >= 11 is 0. The van der Waals surface area contributed by atoms with Gasteiger partial charge >= 0.3 is 6.18 Å². The van der Waals surface area contributed by atoms with Gasteiger partial charge in [0.05, 0.1) is 5.56 Å². The summed E-state index contributed by atoms with van der Waals surface area (Å²) in [6.45, 7) is 3.98. The van der Waals surface area contributed by atoms with Gasteiger partial charge < -0.3 is 11.1 Å². The summed E-state index contributed by atoms with van der Waals surface area (Å²) in [6.07, 6.45) is -2.59. The predicted octanol–water partition coefficient (Wildman–Crippen LogP) is 1.95. The lowest BCUT2D eigenvalue weighted by molar-refractivity contribution is -0.137. The van der Waals surface area contributed by atoms with Crippen LogP contribution in [0.3, 0.4) is 0 Å². The van der Waals surface area contributed by atoms with Crippen molar-refractivity contribution in [3.05, 3.63) is 29.7 Å². The zero-order valence-corrected chi connectivity index (χ0v) is 12.2. The molecule has 0 aliphatic heterocycles. The van der Waals surface area contributed by atoms with Crippen molar-refractivity contribution < 1.29 is 13.2 Å². The van der Waals surface area contributed by atoms with Crippen LogP contribution in [0.5, 0.6) is 0 Å². The Kier molecular flexibility index (Phi) is 4.53. The number of hydrogen-bond donors (Lipinski definition) is 2. The van der Waals surface area contributed by atoms with Crippen LogP contribution < -0.4 is 11.1 Å². The highest BCUT2D eigenvalue weighted by Crippen LogP contribution is 2.29. The van der Waals surface area contributed by atoms with Gasteiger partial charge in [-0.25, -0.2) is 4.99 Å². The summed E-state index contributed by atoms with van der Waals surface area (Å²) in [7, 11) is 0. The van der Waals surface area contributed by atoms with Gasteiger partial charge in [-0.15, -0.1) is 10.2 Å². The fraction of sp³-hybridized carbons (Fsp3) is 0.462. The molecule has 0 bridgehead atoms. The van der Waals surface area contributed by atoms with Crippen LogP contribution in [0.4, 0.5) is 13.2 Å². The average Bonchev–Trinajstić information content (AvgIpc) is 2.86. The van der Waals surface area contributed by atoms with Crippen LogP contribution in [0.2, 0.25) is 0 Å². The van der Waals surface area contributed by atoms with Gasteiger partial charge in [0.2, 0.25) is 0 Å². The minimum absolute atomic E-state index is 0.0394. The number of aliphatic imine (C=N–C) groups is 1. The number of fused-ring (bicyclic) bond motifs is 1. The molecule has 0 aliphatic rings. The van der Waals surface area contributed by atoms with E-state index in [2.05, 4.69) is 20.5 Å². The number of alkyl halides is 3. The van der Waals surface area contributed by atoms with E-state index in [0.717, 1.165) is 18.7 Å². The van der Waals surface area contributed by atoms with Crippen molar-refractivity contribution in [2.24, 2.45) is 10.7 Å². The molecule has 3 N–H and O–H groups in total. The van der Waals surface area contributed by atoms with E-state index >= 15 is 0 Å². The first-order valence-electron chi connectivity index (χ1n) is 6.78. The SMILES string of the molecule is CCC(C)NC(N)=NCc1nnc2ccc(C(F)(F)F)cn12. The Labute approximate surface area is 125 Å². The topological polar surface area (TPSA) is 80.6 Å². The van der Waals surface area contributed by atoms with E-state index in [1.165, 1.54) is 10.5 Å². The molecule has 2 rings (SSSR count). The number of nitrogens with one attached hydrogen (secondary N) is 1. The van der Waals surface area contributed by atoms with Crippen LogP contribution in [0.1, 0.15) is 31.7 Å². The molecule has 0 radical (unpaired) electrons. The molecule has 22 heavy (non-hydrogen) atoms. The van der Waals surface area contributed by atoms with E-state index in [9.17, 15) is 13.2 Å². The fourth-order valence-corrected chi connectivity index (χ4v) is 1.77. The summed E-state index contributed by atoms with van der Waals surface area (Å²) in [5.41, 5.74) is 5.27. The molecular formula is C13H17F3N6. The monoisotopic (exact) mass is 314 g/mol. The average molecular weight is 314 g/mol. The second-order valence-electron chi connectivity index (χ2n) is 4.92. The molecule has 120 valence electrons. The Balaban J connectivity index is 2.23. The molecule has 1 atom stereocenters. The number of nitrogens with two attached hydrogens (primary N) is 1. The molecule has 9 heteroatoms. The highest BCUT2D eigenvalue weighted by molar-refractivity contribution is 5.78. The number of nitrogens with zero attached hydrogens (tertiary/aromatic N) is 4. The molecule has 0 fully saturated rings. The smallest absolute Gasteiger partial charge is 0.370 e. The summed E-state index contributed by atoms with van der Waals surface area (Å²) in [5.74, 6) is 0.507. The molecule has 2 heterocycles. The maximum atomic E-state index is 12.7. The number of rotatable bonds is 4. The van der Waals surface area contributed by atoms with Crippen LogP contribution in [-0.4, -0.2) is 26.6 Å². The van der Waals surface area contributed by atoms with Crippen molar-refractivity contribution >= 4 is 11.6 Å². The zero-order chi connectivity index (χ0) is 16.3. The van der Waals surface area contributed by atoms with E-state index < -0.39 is 11.7 Å². The van der Waals surface area contributed by atoms with Crippen molar-refractivity contribution in [1.29, 1.82) is 0 Å². The second-order valence-corrected chi connectivity index (χ2v) is 4.92. The van der Waals surface area contributed by atoms with Gasteiger partial charge in [-0.3, -0.25) is 4.40 Å². The second kappa shape index (κ2) is 6.20. The first-order chi connectivity index (χ1) is 10.3. The molecular weight excluding hydrogens is 297 g/mol. The maximum Gasteiger partial charge on any atom is 0.417 e. The number of guanidine groups is 1.